The Kier molecular flexibility index (Phi) is 7.07. The van der Waals surface area contributed by atoms with Crippen LogP contribution in [-0.2, 0) is 11.2 Å². The minimum atomic E-state index is -0.823. The number of hydrogen-bond donors (Lipinski definition) is 2. The average Bonchev–Trinajstić information content (AvgIpc) is 3.63. The zero-order chi connectivity index (χ0) is 26.2. The van der Waals surface area contributed by atoms with Crippen molar-refractivity contribution in [3.8, 4) is 33.9 Å². The third-order valence-electron chi connectivity index (χ3n) is 6.86. The number of nitrogens with zero attached hydrogens (tertiary/aromatic N) is 1. The molecule has 1 saturated carbocycles. The summed E-state index contributed by atoms with van der Waals surface area (Å²) in [5.74, 6) is -0.279. The van der Waals surface area contributed by atoms with Crippen LogP contribution < -0.4 is 4.74 Å². The highest BCUT2D eigenvalue weighted by molar-refractivity contribution is 5.77. The van der Waals surface area contributed by atoms with Crippen LogP contribution in [0, 0.1) is 24.1 Å². The van der Waals surface area contributed by atoms with Gasteiger partial charge in [-0.2, -0.15) is 0 Å². The Balaban J connectivity index is 1.86. The lowest BCUT2D eigenvalue weighted by atomic mass is 9.84. The molecule has 5 nitrogen and oxygen atoms in total. The van der Waals surface area contributed by atoms with Gasteiger partial charge in [0.2, 0.25) is 0 Å². The van der Waals surface area contributed by atoms with Crippen molar-refractivity contribution in [1.82, 2.24) is 4.98 Å². The number of carboxylic acid groups (broad SMARTS) is 1. The Bertz CT molecular complexity index is 1290. The number of methoxy groups -OCH3 is 1. The van der Waals surface area contributed by atoms with Gasteiger partial charge < -0.3 is 14.9 Å². The monoisotopic (exact) mass is 491 g/mol. The van der Waals surface area contributed by atoms with Crippen molar-refractivity contribution in [2.45, 2.75) is 59.3 Å². The molecule has 1 atom stereocenters. The molecule has 2 N–H and O–H groups in total. The second-order valence-electron chi connectivity index (χ2n) is 11.0. The lowest BCUT2D eigenvalue weighted by Crippen LogP contribution is -2.13. The van der Waals surface area contributed by atoms with Gasteiger partial charge >= 0.3 is 5.97 Å². The Labute approximate surface area is 212 Å². The van der Waals surface area contributed by atoms with Crippen molar-refractivity contribution in [3.63, 3.8) is 0 Å². The Morgan fingerprint density at radius 1 is 1.14 bits per heavy atom. The number of ether oxygens (including phenoxy) is 1. The minimum absolute atomic E-state index is 0.0620. The minimum Gasteiger partial charge on any atom is -0.507 e. The summed E-state index contributed by atoms with van der Waals surface area (Å²) in [6, 6.07) is 11.8. The molecular weight excluding hydrogens is 457 g/mol. The number of carbonyl (C=O) groups is 1. The Morgan fingerprint density at radius 3 is 2.47 bits per heavy atom. The number of carboxylic acids is 1. The van der Waals surface area contributed by atoms with E-state index in [4.69, 9.17) is 9.72 Å². The van der Waals surface area contributed by atoms with E-state index in [-0.39, 0.29) is 29.3 Å². The van der Waals surface area contributed by atoms with Gasteiger partial charge in [-0.1, -0.05) is 32.9 Å². The van der Waals surface area contributed by atoms with Crippen molar-refractivity contribution >= 4 is 5.97 Å². The third kappa shape index (κ3) is 5.53. The average molecular weight is 492 g/mol. The molecule has 1 aromatic heterocycles. The summed E-state index contributed by atoms with van der Waals surface area (Å²) in [5.41, 5.74) is 4.66. The maximum absolute atomic E-state index is 14.9. The van der Waals surface area contributed by atoms with E-state index in [1.807, 2.05) is 19.1 Å². The number of phenols is 1. The summed E-state index contributed by atoms with van der Waals surface area (Å²) in [5, 5.41) is 20.4. The zero-order valence-corrected chi connectivity index (χ0v) is 21.6. The highest BCUT2D eigenvalue weighted by Crippen LogP contribution is 2.48. The van der Waals surface area contributed by atoms with E-state index >= 15 is 0 Å². The third-order valence-corrected chi connectivity index (χ3v) is 6.86. The van der Waals surface area contributed by atoms with Crippen LogP contribution in [0.25, 0.3) is 22.4 Å². The van der Waals surface area contributed by atoms with E-state index in [1.165, 1.54) is 6.07 Å². The van der Waals surface area contributed by atoms with E-state index < -0.39 is 5.97 Å². The quantitative estimate of drug-likeness (QED) is 0.350. The fourth-order valence-corrected chi connectivity index (χ4v) is 5.02. The van der Waals surface area contributed by atoms with E-state index in [0.717, 1.165) is 29.7 Å². The molecule has 36 heavy (non-hydrogen) atoms. The Hall–Kier alpha value is -3.41. The second-order valence-corrected chi connectivity index (χ2v) is 11.0. The molecule has 1 unspecified atom stereocenters. The van der Waals surface area contributed by atoms with Gasteiger partial charge in [0.05, 0.1) is 19.2 Å². The summed E-state index contributed by atoms with van der Waals surface area (Å²) < 4.78 is 20.2. The van der Waals surface area contributed by atoms with Gasteiger partial charge in [0, 0.05) is 22.4 Å². The number of phenolic OH excluding ortho intramolecular Hbond substituents is 1. The molecule has 2 aromatic carbocycles. The molecule has 0 saturated heterocycles. The predicted octanol–water partition coefficient (Wildman–Crippen LogP) is 7.13. The number of benzene rings is 2. The van der Waals surface area contributed by atoms with Crippen LogP contribution in [0.2, 0.25) is 0 Å². The van der Waals surface area contributed by atoms with E-state index in [2.05, 4.69) is 20.8 Å². The normalized spacial score (nSPS) is 14.5. The molecule has 6 heteroatoms. The maximum atomic E-state index is 14.9. The summed E-state index contributed by atoms with van der Waals surface area (Å²) in [6.45, 7) is 8.22. The molecule has 3 aromatic rings. The molecule has 1 aliphatic rings. The van der Waals surface area contributed by atoms with Crippen molar-refractivity contribution in [3.05, 3.63) is 65.1 Å². The fourth-order valence-electron chi connectivity index (χ4n) is 5.02. The molecule has 0 radical (unpaired) electrons. The number of pyridine rings is 1. The van der Waals surface area contributed by atoms with Crippen molar-refractivity contribution in [2.75, 3.05) is 7.11 Å². The van der Waals surface area contributed by atoms with Gasteiger partial charge in [-0.3, -0.25) is 9.78 Å². The predicted molar refractivity (Wildman–Crippen MR) is 139 cm³/mol. The maximum Gasteiger partial charge on any atom is 0.303 e. The van der Waals surface area contributed by atoms with Crippen molar-refractivity contribution in [2.24, 2.45) is 11.3 Å². The van der Waals surface area contributed by atoms with Crippen LogP contribution in [0.4, 0.5) is 4.39 Å². The standard InChI is InChI=1S/C30H34FNO4/c1-17-20(22(15-28(34)35)18-6-7-18)10-13-27(33)29(17)25-12-9-21(26(32-25)16-30(2,3)4)23-14-19(36-5)8-11-24(23)31/h8-14,18,22,33H,6-7,15-16H2,1-5H3,(H,34,35). The number of aliphatic carboxylic acids is 1. The number of aromatic hydroxyl groups is 1. The second kappa shape index (κ2) is 9.92. The number of rotatable bonds is 8. The fraction of sp³-hybridized carbons (Fsp3) is 0.400. The highest BCUT2D eigenvalue weighted by atomic mass is 19.1. The van der Waals surface area contributed by atoms with Crippen LogP contribution in [-0.4, -0.2) is 28.3 Å². The molecule has 0 amide bonds. The van der Waals surface area contributed by atoms with Crippen molar-refractivity contribution < 1.29 is 24.1 Å². The van der Waals surface area contributed by atoms with Gasteiger partial charge in [-0.05, 0) is 84.9 Å². The zero-order valence-electron chi connectivity index (χ0n) is 21.6. The first-order chi connectivity index (χ1) is 17.0. The van der Waals surface area contributed by atoms with Crippen LogP contribution in [0.1, 0.15) is 62.8 Å². The molecule has 4 rings (SSSR count). The summed E-state index contributed by atoms with van der Waals surface area (Å²) in [7, 11) is 1.55. The summed E-state index contributed by atoms with van der Waals surface area (Å²) in [6.07, 6.45) is 2.69. The lowest BCUT2D eigenvalue weighted by molar-refractivity contribution is -0.137. The van der Waals surface area contributed by atoms with E-state index in [9.17, 15) is 19.4 Å². The first-order valence-electron chi connectivity index (χ1n) is 12.4. The largest absolute Gasteiger partial charge is 0.507 e. The number of hydrogen-bond acceptors (Lipinski definition) is 4. The first-order valence-corrected chi connectivity index (χ1v) is 12.4. The number of halogens is 1. The Morgan fingerprint density at radius 2 is 1.86 bits per heavy atom. The van der Waals surface area contributed by atoms with Crippen molar-refractivity contribution in [1.29, 1.82) is 0 Å². The molecule has 0 aliphatic heterocycles. The molecule has 1 fully saturated rings. The summed E-state index contributed by atoms with van der Waals surface area (Å²) in [4.78, 5) is 16.5. The first kappa shape index (κ1) is 25.7. The van der Waals surface area contributed by atoms with Gasteiger partial charge in [0.25, 0.3) is 0 Å². The van der Waals surface area contributed by atoms with E-state index in [1.54, 1.807) is 31.4 Å². The van der Waals surface area contributed by atoms with Gasteiger partial charge in [0.1, 0.15) is 17.3 Å². The molecular formula is C30H34FNO4. The molecule has 1 heterocycles. The van der Waals surface area contributed by atoms with E-state index in [0.29, 0.717) is 40.5 Å². The van der Waals surface area contributed by atoms with Gasteiger partial charge in [-0.25, -0.2) is 4.39 Å². The SMILES string of the molecule is COc1ccc(F)c(-c2ccc(-c3c(O)ccc(C(CC(=O)O)C4CC4)c3C)nc2CC(C)(C)C)c1. The lowest BCUT2D eigenvalue weighted by Gasteiger charge is -2.23. The molecule has 1 aliphatic carbocycles. The highest BCUT2D eigenvalue weighted by Gasteiger charge is 2.35. The van der Waals surface area contributed by atoms with Gasteiger partial charge in [0.15, 0.2) is 0 Å². The molecule has 0 bridgehead atoms. The topological polar surface area (TPSA) is 79.7 Å². The van der Waals surface area contributed by atoms with Crippen LogP contribution in [0.5, 0.6) is 11.5 Å². The number of aromatic nitrogens is 1. The molecule has 190 valence electrons. The van der Waals surface area contributed by atoms with Crippen LogP contribution in [0.15, 0.2) is 42.5 Å². The smallest absolute Gasteiger partial charge is 0.303 e. The summed E-state index contributed by atoms with van der Waals surface area (Å²) >= 11 is 0. The van der Waals surface area contributed by atoms with Gasteiger partial charge in [-0.15, -0.1) is 0 Å². The van der Waals surface area contributed by atoms with Crippen LogP contribution in [0.3, 0.4) is 0 Å². The molecule has 0 spiro atoms. The van der Waals surface area contributed by atoms with Crippen LogP contribution >= 0.6 is 0 Å².